The van der Waals surface area contributed by atoms with Gasteiger partial charge in [-0.1, -0.05) is 0 Å². The van der Waals surface area contributed by atoms with Gasteiger partial charge < -0.3 is 5.32 Å². The second-order valence-corrected chi connectivity index (χ2v) is 6.34. The van der Waals surface area contributed by atoms with E-state index in [1.807, 2.05) is 0 Å². The van der Waals surface area contributed by atoms with E-state index < -0.39 is 32.1 Å². The number of halogens is 1. The van der Waals surface area contributed by atoms with E-state index in [9.17, 15) is 35.1 Å². The van der Waals surface area contributed by atoms with Crippen LogP contribution in [-0.4, -0.2) is 25.8 Å². The maximum Gasteiger partial charge on any atom is 0.277 e. The Hall–Kier alpha value is -3.52. The van der Waals surface area contributed by atoms with Gasteiger partial charge in [0.25, 0.3) is 23.0 Å². The zero-order chi connectivity index (χ0) is 21.0. The number of non-ortho nitro benzene ring substituents is 3. The van der Waals surface area contributed by atoms with Crippen molar-refractivity contribution in [2.24, 2.45) is 0 Å². The third-order valence-corrected chi connectivity index (χ3v) is 4.09. The lowest BCUT2D eigenvalue weighted by Gasteiger charge is -2.11. The summed E-state index contributed by atoms with van der Waals surface area (Å²) in [7, 11) is 0. The van der Waals surface area contributed by atoms with Crippen molar-refractivity contribution in [2.45, 2.75) is 0 Å². The molecule has 0 atom stereocenters. The van der Waals surface area contributed by atoms with Crippen molar-refractivity contribution < 1.29 is 19.6 Å². The summed E-state index contributed by atoms with van der Waals surface area (Å²) >= 11 is 8.08. The highest BCUT2D eigenvalue weighted by Crippen LogP contribution is 2.27. The predicted octanol–water partition coefficient (Wildman–Crippen LogP) is 3.30. The summed E-state index contributed by atoms with van der Waals surface area (Å²) in [4.78, 5) is 42.4. The number of nitro groups is 3. The van der Waals surface area contributed by atoms with Gasteiger partial charge in [-0.05, 0) is 34.2 Å². The molecule has 0 bridgehead atoms. The third-order valence-electron chi connectivity index (χ3n) is 3.23. The van der Waals surface area contributed by atoms with Crippen molar-refractivity contribution in [3.05, 3.63) is 76.8 Å². The van der Waals surface area contributed by atoms with Crippen molar-refractivity contribution in [3.8, 4) is 0 Å². The van der Waals surface area contributed by atoms with Crippen molar-refractivity contribution in [3.63, 3.8) is 0 Å². The molecule has 0 heterocycles. The molecule has 1 amide bonds. The molecule has 28 heavy (non-hydrogen) atoms. The number of nitrogens with zero attached hydrogens (tertiary/aromatic N) is 3. The Morgan fingerprint density at radius 3 is 1.89 bits per heavy atom. The predicted molar refractivity (Wildman–Crippen MR) is 104 cm³/mol. The first-order chi connectivity index (χ1) is 13.1. The van der Waals surface area contributed by atoms with Gasteiger partial charge in [-0.15, -0.1) is 0 Å². The van der Waals surface area contributed by atoms with Crippen molar-refractivity contribution in [1.82, 2.24) is 5.32 Å². The van der Waals surface area contributed by atoms with Gasteiger partial charge in [-0.2, -0.15) is 0 Å². The van der Waals surface area contributed by atoms with E-state index in [4.69, 9.17) is 12.2 Å². The van der Waals surface area contributed by atoms with Crippen LogP contribution >= 0.6 is 28.1 Å². The summed E-state index contributed by atoms with van der Waals surface area (Å²) in [6, 6.07) is 6.23. The van der Waals surface area contributed by atoms with Crippen LogP contribution in [0.25, 0.3) is 0 Å². The molecule has 0 radical (unpaired) electrons. The van der Waals surface area contributed by atoms with Gasteiger partial charge in [0.05, 0.1) is 32.1 Å². The molecular formula is C14H8BrN5O7S. The molecular weight excluding hydrogens is 462 g/mol. The number of nitro benzene ring substituents is 3. The molecule has 0 fully saturated rings. The Morgan fingerprint density at radius 2 is 1.43 bits per heavy atom. The van der Waals surface area contributed by atoms with Crippen LogP contribution in [0.5, 0.6) is 0 Å². The minimum Gasteiger partial charge on any atom is -0.331 e. The lowest BCUT2D eigenvalue weighted by atomic mass is 10.1. The molecule has 2 rings (SSSR count). The molecule has 2 aromatic rings. The molecule has 0 aromatic heterocycles. The summed E-state index contributed by atoms with van der Waals surface area (Å²) in [5, 5.41) is 37.1. The normalized spacial score (nSPS) is 10.0. The van der Waals surface area contributed by atoms with Gasteiger partial charge >= 0.3 is 0 Å². The molecule has 2 aromatic carbocycles. The second-order valence-electron chi connectivity index (χ2n) is 5.08. The highest BCUT2D eigenvalue weighted by molar-refractivity contribution is 9.10. The zero-order valence-electron chi connectivity index (χ0n) is 13.4. The van der Waals surface area contributed by atoms with Gasteiger partial charge in [-0.3, -0.25) is 40.5 Å². The fraction of sp³-hybridized carbons (Fsp3) is 0. The van der Waals surface area contributed by atoms with Gasteiger partial charge in [-0.25, -0.2) is 0 Å². The SMILES string of the molecule is O=C(NC(=S)Nc1ccc([N+](=O)[O-])cc1Br)c1cc([N+](=O)[O-])cc([N+](=O)[O-])c1. The zero-order valence-corrected chi connectivity index (χ0v) is 15.9. The number of rotatable bonds is 5. The van der Waals surface area contributed by atoms with Crippen LogP contribution in [0, 0.1) is 30.3 Å². The average Bonchev–Trinajstić information content (AvgIpc) is 2.62. The summed E-state index contributed by atoms with van der Waals surface area (Å²) in [5.41, 5.74) is -1.46. The largest absolute Gasteiger partial charge is 0.331 e. The van der Waals surface area contributed by atoms with Crippen LogP contribution in [0.1, 0.15) is 10.4 Å². The molecule has 144 valence electrons. The van der Waals surface area contributed by atoms with Gasteiger partial charge in [0.2, 0.25) is 0 Å². The minimum atomic E-state index is -0.915. The van der Waals surface area contributed by atoms with E-state index in [0.717, 1.165) is 18.2 Å². The standard InChI is InChI=1S/C14H8BrN5O7S/c15-11-6-8(18(22)23)1-2-12(11)16-14(28)17-13(21)7-3-9(19(24)25)5-10(4-7)20(26)27/h1-6H,(H2,16,17,21,28). The Kier molecular flexibility index (Phi) is 6.27. The monoisotopic (exact) mass is 469 g/mol. The van der Waals surface area contributed by atoms with Gasteiger partial charge in [0.15, 0.2) is 5.11 Å². The highest BCUT2D eigenvalue weighted by atomic mass is 79.9. The summed E-state index contributed by atoms with van der Waals surface area (Å²) in [6.45, 7) is 0. The molecule has 0 saturated heterocycles. The summed E-state index contributed by atoms with van der Waals surface area (Å²) in [5.74, 6) is -0.915. The Morgan fingerprint density at radius 1 is 0.893 bits per heavy atom. The van der Waals surface area contributed by atoms with E-state index in [2.05, 4.69) is 26.6 Å². The molecule has 0 unspecified atom stereocenters. The maximum atomic E-state index is 12.2. The smallest absolute Gasteiger partial charge is 0.277 e. The first-order valence-corrected chi connectivity index (χ1v) is 8.28. The van der Waals surface area contributed by atoms with Crippen LogP contribution in [-0.2, 0) is 0 Å². The van der Waals surface area contributed by atoms with E-state index in [0.29, 0.717) is 10.2 Å². The van der Waals surface area contributed by atoms with E-state index in [-0.39, 0.29) is 16.4 Å². The third kappa shape index (κ3) is 5.01. The molecule has 0 aliphatic rings. The molecule has 0 spiro atoms. The van der Waals surface area contributed by atoms with E-state index >= 15 is 0 Å². The van der Waals surface area contributed by atoms with Crippen LogP contribution in [0.15, 0.2) is 40.9 Å². The van der Waals surface area contributed by atoms with Crippen molar-refractivity contribution in [2.75, 3.05) is 5.32 Å². The molecule has 12 nitrogen and oxygen atoms in total. The van der Waals surface area contributed by atoms with Gasteiger partial charge in [0.1, 0.15) is 0 Å². The van der Waals surface area contributed by atoms with Crippen LogP contribution in [0.3, 0.4) is 0 Å². The molecule has 2 N–H and O–H groups in total. The highest BCUT2D eigenvalue weighted by Gasteiger charge is 2.20. The molecule has 0 aliphatic heterocycles. The van der Waals surface area contributed by atoms with E-state index in [1.54, 1.807) is 0 Å². The number of amides is 1. The van der Waals surface area contributed by atoms with Crippen LogP contribution in [0.2, 0.25) is 0 Å². The van der Waals surface area contributed by atoms with Crippen molar-refractivity contribution in [1.29, 1.82) is 0 Å². The molecule has 14 heteroatoms. The maximum absolute atomic E-state index is 12.2. The summed E-state index contributed by atoms with van der Waals surface area (Å²) < 4.78 is 0.296. The molecule has 0 aliphatic carbocycles. The Bertz CT molecular complexity index is 997. The number of nitrogens with one attached hydrogen (secondary N) is 2. The first-order valence-electron chi connectivity index (χ1n) is 7.08. The number of carbonyl (C=O) groups is 1. The number of thiocarbonyl (C=S) groups is 1. The number of anilines is 1. The fourth-order valence-electron chi connectivity index (χ4n) is 1.98. The number of benzene rings is 2. The fourth-order valence-corrected chi connectivity index (χ4v) is 2.65. The lowest BCUT2D eigenvalue weighted by Crippen LogP contribution is -2.34. The van der Waals surface area contributed by atoms with Gasteiger partial charge in [0, 0.05) is 28.7 Å². The number of hydrogen-bond donors (Lipinski definition) is 2. The average molecular weight is 470 g/mol. The van der Waals surface area contributed by atoms with E-state index in [1.165, 1.54) is 18.2 Å². The second kappa shape index (κ2) is 8.45. The Balaban J connectivity index is 2.18. The molecule has 0 saturated carbocycles. The van der Waals surface area contributed by atoms with Crippen molar-refractivity contribution >= 4 is 61.9 Å². The first kappa shape index (κ1) is 20.8. The minimum absolute atomic E-state index is 0.170. The summed E-state index contributed by atoms with van der Waals surface area (Å²) in [6.07, 6.45) is 0. The topological polar surface area (TPSA) is 171 Å². The quantitative estimate of drug-likeness (QED) is 0.378. The number of carbonyl (C=O) groups excluding carboxylic acids is 1. The lowest BCUT2D eigenvalue weighted by molar-refractivity contribution is -0.394. The van der Waals surface area contributed by atoms with Crippen LogP contribution in [0.4, 0.5) is 22.7 Å². The Labute approximate surface area is 169 Å². The number of hydrogen-bond acceptors (Lipinski definition) is 8. The van der Waals surface area contributed by atoms with Crippen LogP contribution < -0.4 is 10.6 Å².